The first kappa shape index (κ1) is 13.9. The smallest absolute Gasteiger partial charge is 0.0140 e. The molecule has 0 spiro atoms. The van der Waals surface area contributed by atoms with E-state index < -0.39 is 0 Å². The molecule has 1 heteroatoms. The Morgan fingerprint density at radius 2 is 2.00 bits per heavy atom. The molecular weight excluding hydrogens is 187 g/mol. The van der Waals surface area contributed by atoms with Gasteiger partial charge in [-0.25, -0.2) is 0 Å². The van der Waals surface area contributed by atoms with Crippen LogP contribution in [0.5, 0.6) is 0 Å². The fourth-order valence-electron chi connectivity index (χ4n) is 1.73. The van der Waals surface area contributed by atoms with E-state index in [1.807, 2.05) is 0 Å². The zero-order valence-electron chi connectivity index (χ0n) is 10.3. The monoisotopic (exact) mass is 212 g/mol. The second-order valence-electron chi connectivity index (χ2n) is 4.35. The molecule has 0 fully saturated rings. The molecule has 0 aliphatic heterocycles. The van der Waals surface area contributed by atoms with E-state index >= 15 is 0 Å². The van der Waals surface area contributed by atoms with Crippen LogP contribution in [0.1, 0.15) is 40.5 Å². The van der Waals surface area contributed by atoms with Crippen molar-refractivity contribution in [2.75, 3.05) is 6.66 Å². The van der Waals surface area contributed by atoms with Crippen molar-refractivity contribution >= 4 is 8.58 Å². The summed E-state index contributed by atoms with van der Waals surface area (Å²) in [5.41, 5.74) is 0.345. The van der Waals surface area contributed by atoms with Crippen LogP contribution in [0, 0.1) is 11.3 Å². The van der Waals surface area contributed by atoms with Crippen molar-refractivity contribution in [2.45, 2.75) is 40.5 Å². The SMILES string of the molecule is C/C=C\CC(CC)C(C)(C)/C=C\PC. The summed E-state index contributed by atoms with van der Waals surface area (Å²) in [5.74, 6) is 3.09. The average Bonchev–Trinajstić information content (AvgIpc) is 2.16. The first-order chi connectivity index (χ1) is 6.58. The van der Waals surface area contributed by atoms with Crippen LogP contribution < -0.4 is 0 Å². The zero-order valence-corrected chi connectivity index (χ0v) is 11.3. The van der Waals surface area contributed by atoms with Crippen LogP contribution in [0.3, 0.4) is 0 Å². The Morgan fingerprint density at radius 3 is 2.43 bits per heavy atom. The van der Waals surface area contributed by atoms with E-state index in [4.69, 9.17) is 0 Å². The van der Waals surface area contributed by atoms with E-state index in [9.17, 15) is 0 Å². The van der Waals surface area contributed by atoms with E-state index in [1.165, 1.54) is 12.8 Å². The molecule has 0 aromatic heterocycles. The van der Waals surface area contributed by atoms with Gasteiger partial charge >= 0.3 is 0 Å². The molecule has 14 heavy (non-hydrogen) atoms. The Labute approximate surface area is 91.7 Å². The molecule has 2 unspecified atom stereocenters. The van der Waals surface area contributed by atoms with Gasteiger partial charge in [0.05, 0.1) is 0 Å². The van der Waals surface area contributed by atoms with Crippen molar-refractivity contribution in [3.8, 4) is 0 Å². The summed E-state index contributed by atoms with van der Waals surface area (Å²) in [6.07, 6.45) is 9.30. The van der Waals surface area contributed by atoms with Crippen LogP contribution in [0.25, 0.3) is 0 Å². The van der Waals surface area contributed by atoms with Crippen LogP contribution in [0.2, 0.25) is 0 Å². The van der Waals surface area contributed by atoms with Crippen molar-refractivity contribution in [3.63, 3.8) is 0 Å². The lowest BCUT2D eigenvalue weighted by Crippen LogP contribution is -2.20. The molecular formula is C13H25P. The van der Waals surface area contributed by atoms with Crippen LogP contribution >= 0.6 is 8.58 Å². The van der Waals surface area contributed by atoms with Crippen molar-refractivity contribution in [2.24, 2.45) is 11.3 Å². The summed E-state index contributed by atoms with van der Waals surface area (Å²) in [5, 5.41) is 0. The van der Waals surface area contributed by atoms with E-state index in [0.717, 1.165) is 14.5 Å². The van der Waals surface area contributed by atoms with Gasteiger partial charge in [0, 0.05) is 0 Å². The lowest BCUT2D eigenvalue weighted by Gasteiger charge is -2.30. The largest absolute Gasteiger partial charge is 0.102 e. The minimum Gasteiger partial charge on any atom is -0.102 e. The van der Waals surface area contributed by atoms with Gasteiger partial charge in [-0.05, 0) is 31.3 Å². The highest BCUT2D eigenvalue weighted by Crippen LogP contribution is 2.34. The molecule has 0 amide bonds. The molecule has 0 saturated heterocycles. The van der Waals surface area contributed by atoms with Gasteiger partial charge in [-0.1, -0.05) is 51.2 Å². The summed E-state index contributed by atoms with van der Waals surface area (Å²) < 4.78 is 0. The third-order valence-corrected chi connectivity index (χ3v) is 3.38. The summed E-state index contributed by atoms with van der Waals surface area (Å²) in [6, 6.07) is 0. The molecule has 0 aliphatic rings. The van der Waals surface area contributed by atoms with Crippen LogP contribution in [-0.4, -0.2) is 6.66 Å². The summed E-state index contributed by atoms with van der Waals surface area (Å²) in [7, 11) is 0.929. The van der Waals surface area contributed by atoms with Gasteiger partial charge in [-0.2, -0.15) is 0 Å². The van der Waals surface area contributed by atoms with Gasteiger partial charge < -0.3 is 0 Å². The molecule has 82 valence electrons. The Balaban J connectivity index is 4.39. The number of allylic oxidation sites excluding steroid dienone is 3. The topological polar surface area (TPSA) is 0 Å². The van der Waals surface area contributed by atoms with Gasteiger partial charge in [0.1, 0.15) is 0 Å². The van der Waals surface area contributed by atoms with E-state index in [2.05, 4.69) is 58.4 Å². The minimum absolute atomic E-state index is 0.345. The van der Waals surface area contributed by atoms with Crippen molar-refractivity contribution in [3.05, 3.63) is 24.0 Å². The van der Waals surface area contributed by atoms with Crippen LogP contribution in [-0.2, 0) is 0 Å². The molecule has 0 aromatic carbocycles. The van der Waals surface area contributed by atoms with E-state index in [0.29, 0.717) is 5.41 Å². The van der Waals surface area contributed by atoms with Crippen LogP contribution in [0.4, 0.5) is 0 Å². The third-order valence-electron chi connectivity index (χ3n) is 2.88. The highest BCUT2D eigenvalue weighted by molar-refractivity contribution is 7.40. The molecule has 0 nitrogen and oxygen atoms in total. The Kier molecular flexibility index (Phi) is 7.19. The Bertz CT molecular complexity index is 189. The molecule has 0 aliphatic carbocycles. The summed E-state index contributed by atoms with van der Waals surface area (Å²) in [4.78, 5) is 0. The lowest BCUT2D eigenvalue weighted by atomic mass is 9.75. The number of hydrogen-bond donors (Lipinski definition) is 0. The maximum atomic E-state index is 2.39. The van der Waals surface area contributed by atoms with E-state index in [-0.39, 0.29) is 0 Å². The normalized spacial score (nSPS) is 16.4. The predicted molar refractivity (Wildman–Crippen MR) is 70.4 cm³/mol. The Hall–Kier alpha value is -0.0900. The first-order valence-corrected chi connectivity index (χ1v) is 7.12. The number of rotatable bonds is 6. The number of hydrogen-bond acceptors (Lipinski definition) is 0. The second-order valence-corrected chi connectivity index (χ2v) is 5.26. The minimum atomic E-state index is 0.345. The maximum Gasteiger partial charge on any atom is -0.0140 e. The summed E-state index contributed by atoms with van der Waals surface area (Å²) in [6.45, 7) is 11.3. The fourth-order valence-corrected chi connectivity index (χ4v) is 2.33. The van der Waals surface area contributed by atoms with Gasteiger partial charge in [-0.15, -0.1) is 8.58 Å². The molecule has 0 heterocycles. The second kappa shape index (κ2) is 7.23. The zero-order chi connectivity index (χ0) is 11.0. The highest BCUT2D eigenvalue weighted by Gasteiger charge is 2.23. The van der Waals surface area contributed by atoms with E-state index in [1.54, 1.807) is 0 Å². The predicted octanol–water partition coefficient (Wildman–Crippen LogP) is 4.83. The molecule has 0 bridgehead atoms. The fraction of sp³-hybridized carbons (Fsp3) is 0.692. The maximum absolute atomic E-state index is 2.39. The van der Waals surface area contributed by atoms with Crippen molar-refractivity contribution in [1.29, 1.82) is 0 Å². The molecule has 0 radical (unpaired) electrons. The quantitative estimate of drug-likeness (QED) is 0.437. The van der Waals surface area contributed by atoms with Gasteiger partial charge in [0.25, 0.3) is 0 Å². The standard InChI is InChI=1S/C13H25P/c1-6-8-9-12(7-2)13(3,4)10-11-14-5/h6,8,10-12,14H,7,9H2,1-5H3/b8-6-,11-10-. The highest BCUT2D eigenvalue weighted by atomic mass is 31.1. The first-order valence-electron chi connectivity index (χ1n) is 5.54. The van der Waals surface area contributed by atoms with Crippen molar-refractivity contribution in [1.82, 2.24) is 0 Å². The van der Waals surface area contributed by atoms with Crippen LogP contribution in [0.15, 0.2) is 24.0 Å². The molecule has 2 atom stereocenters. The van der Waals surface area contributed by atoms with Gasteiger partial charge in [0.2, 0.25) is 0 Å². The van der Waals surface area contributed by atoms with Gasteiger partial charge in [-0.3, -0.25) is 0 Å². The molecule has 0 saturated carbocycles. The van der Waals surface area contributed by atoms with Gasteiger partial charge in [0.15, 0.2) is 0 Å². The molecule has 0 N–H and O–H groups in total. The third kappa shape index (κ3) is 4.96. The Morgan fingerprint density at radius 1 is 1.36 bits per heavy atom. The average molecular weight is 212 g/mol. The molecule has 0 rings (SSSR count). The summed E-state index contributed by atoms with van der Waals surface area (Å²) >= 11 is 0. The molecule has 0 aromatic rings. The lowest BCUT2D eigenvalue weighted by molar-refractivity contribution is 0.276. The van der Waals surface area contributed by atoms with Crippen molar-refractivity contribution < 1.29 is 0 Å².